The molecule has 0 saturated carbocycles. The van der Waals surface area contributed by atoms with Gasteiger partial charge in [-0.15, -0.1) is 0 Å². The first-order valence-electron chi connectivity index (χ1n) is 8.82. The zero-order valence-electron chi connectivity index (χ0n) is 15.3. The smallest absolute Gasteiger partial charge is 0.324 e. The van der Waals surface area contributed by atoms with Gasteiger partial charge < -0.3 is 4.84 Å². The van der Waals surface area contributed by atoms with Crippen molar-refractivity contribution in [1.82, 2.24) is 14.8 Å². The van der Waals surface area contributed by atoms with E-state index in [1.165, 1.54) is 12.1 Å². The van der Waals surface area contributed by atoms with Crippen molar-refractivity contribution in [3.8, 4) is 5.69 Å². The summed E-state index contributed by atoms with van der Waals surface area (Å²) in [6, 6.07) is 15.7. The molecule has 0 aliphatic carbocycles. The number of hydrogen-bond acceptors (Lipinski definition) is 5. The van der Waals surface area contributed by atoms with Crippen molar-refractivity contribution in [2.75, 3.05) is 0 Å². The lowest BCUT2D eigenvalue weighted by Gasteiger charge is -2.13. The van der Waals surface area contributed by atoms with Crippen LogP contribution >= 0.6 is 0 Å². The Kier molecular flexibility index (Phi) is 4.27. The lowest BCUT2D eigenvalue weighted by atomic mass is 10.1. The van der Waals surface area contributed by atoms with Crippen LogP contribution in [0.4, 0.5) is 0 Å². The largest absolute Gasteiger partial charge is 0.367 e. The molecule has 0 fully saturated rings. The minimum atomic E-state index is -0.805. The van der Waals surface area contributed by atoms with Crippen molar-refractivity contribution in [1.29, 1.82) is 0 Å². The van der Waals surface area contributed by atoms with Gasteiger partial charge >= 0.3 is 5.97 Å². The van der Waals surface area contributed by atoms with E-state index in [2.05, 4.69) is 5.10 Å². The quantitative estimate of drug-likeness (QED) is 0.653. The second kappa shape index (κ2) is 6.77. The maximum absolute atomic E-state index is 12.8. The van der Waals surface area contributed by atoms with Gasteiger partial charge in [-0.2, -0.15) is 5.10 Å². The molecule has 0 spiro atoms. The fraction of sp³-hybridized carbons (Fsp3) is 0.143. The Morgan fingerprint density at radius 1 is 0.929 bits per heavy atom. The van der Waals surface area contributed by atoms with Gasteiger partial charge in [-0.1, -0.05) is 49.2 Å². The van der Waals surface area contributed by atoms with E-state index in [0.717, 1.165) is 5.69 Å². The van der Waals surface area contributed by atoms with E-state index in [4.69, 9.17) is 4.84 Å². The van der Waals surface area contributed by atoms with Crippen LogP contribution in [0.25, 0.3) is 5.69 Å². The van der Waals surface area contributed by atoms with Gasteiger partial charge in [0, 0.05) is 6.20 Å². The molecule has 7 nitrogen and oxygen atoms in total. The van der Waals surface area contributed by atoms with Crippen LogP contribution in [0, 0.1) is 0 Å². The third-order valence-electron chi connectivity index (χ3n) is 4.46. The maximum atomic E-state index is 12.8. The fourth-order valence-electron chi connectivity index (χ4n) is 3.07. The Morgan fingerprint density at radius 2 is 1.50 bits per heavy atom. The van der Waals surface area contributed by atoms with Gasteiger partial charge in [0.2, 0.25) is 0 Å². The molecule has 3 aromatic rings. The number of aromatic nitrogens is 2. The van der Waals surface area contributed by atoms with Crippen LogP contribution in [0.3, 0.4) is 0 Å². The molecule has 1 aromatic heterocycles. The second-order valence-corrected chi connectivity index (χ2v) is 6.69. The van der Waals surface area contributed by atoms with Gasteiger partial charge in [0.15, 0.2) is 0 Å². The number of para-hydroxylation sites is 1. The number of carbonyl (C=O) groups is 3. The Labute approximate surface area is 161 Å². The summed E-state index contributed by atoms with van der Waals surface area (Å²) >= 11 is 0. The molecule has 4 rings (SSSR count). The molecule has 0 atom stereocenters. The van der Waals surface area contributed by atoms with Gasteiger partial charge in [-0.25, -0.2) is 9.48 Å². The number of fused-ring (bicyclic) bond motifs is 1. The molecule has 2 amide bonds. The lowest BCUT2D eigenvalue weighted by molar-refractivity contribution is -0.0585. The number of imide groups is 1. The number of carbonyl (C=O) groups excluding carboxylic acids is 3. The highest BCUT2D eigenvalue weighted by atomic mass is 16.7. The zero-order chi connectivity index (χ0) is 19.8. The molecule has 1 aliphatic rings. The first kappa shape index (κ1) is 17.7. The van der Waals surface area contributed by atoms with E-state index in [9.17, 15) is 14.4 Å². The van der Waals surface area contributed by atoms with E-state index in [0.29, 0.717) is 10.8 Å². The van der Waals surface area contributed by atoms with Crippen molar-refractivity contribution in [2.45, 2.75) is 19.8 Å². The molecule has 0 radical (unpaired) electrons. The lowest BCUT2D eigenvalue weighted by Crippen LogP contribution is -2.32. The summed E-state index contributed by atoms with van der Waals surface area (Å²) in [4.78, 5) is 42.8. The van der Waals surface area contributed by atoms with Crippen LogP contribution < -0.4 is 0 Å². The zero-order valence-corrected chi connectivity index (χ0v) is 15.3. The molecule has 2 aromatic carbocycles. The van der Waals surface area contributed by atoms with Crippen molar-refractivity contribution in [2.24, 2.45) is 0 Å². The van der Waals surface area contributed by atoms with Crippen molar-refractivity contribution in [3.63, 3.8) is 0 Å². The molecular weight excluding hydrogens is 358 g/mol. The summed E-state index contributed by atoms with van der Waals surface area (Å²) in [5, 5.41) is 4.99. The molecule has 140 valence electrons. The van der Waals surface area contributed by atoms with E-state index in [-0.39, 0.29) is 22.6 Å². The topological polar surface area (TPSA) is 81.5 Å². The van der Waals surface area contributed by atoms with Crippen molar-refractivity contribution >= 4 is 17.8 Å². The Hall–Kier alpha value is -3.74. The van der Waals surface area contributed by atoms with E-state index >= 15 is 0 Å². The first-order valence-corrected chi connectivity index (χ1v) is 8.82. The SMILES string of the molecule is CC(C)c1nn(-c2ccccc2)cc1C(=O)ON1C(=O)c2ccccc2C1=O. The molecule has 28 heavy (non-hydrogen) atoms. The molecule has 0 unspecified atom stereocenters. The first-order chi connectivity index (χ1) is 13.5. The van der Waals surface area contributed by atoms with Gasteiger partial charge in [0.1, 0.15) is 5.56 Å². The predicted molar refractivity (Wildman–Crippen MR) is 100 cm³/mol. The fourth-order valence-corrected chi connectivity index (χ4v) is 3.07. The third kappa shape index (κ3) is 2.87. The molecule has 0 N–H and O–H groups in total. The Bertz CT molecular complexity index is 1050. The average molecular weight is 375 g/mol. The predicted octanol–water partition coefficient (Wildman–Crippen LogP) is 3.36. The number of amides is 2. The molecule has 1 aliphatic heterocycles. The normalized spacial score (nSPS) is 13.2. The minimum absolute atomic E-state index is 0.0605. The summed E-state index contributed by atoms with van der Waals surface area (Å²) in [6.07, 6.45) is 1.55. The van der Waals surface area contributed by atoms with Crippen molar-refractivity contribution in [3.05, 3.63) is 83.2 Å². The number of nitrogens with zero attached hydrogens (tertiary/aromatic N) is 3. The number of hydrogen-bond donors (Lipinski definition) is 0. The molecule has 7 heteroatoms. The highest BCUT2D eigenvalue weighted by Gasteiger charge is 2.39. The second-order valence-electron chi connectivity index (χ2n) is 6.69. The summed E-state index contributed by atoms with van der Waals surface area (Å²) < 4.78 is 1.58. The maximum Gasteiger partial charge on any atom is 0.367 e. The van der Waals surface area contributed by atoms with Crippen LogP contribution in [0.5, 0.6) is 0 Å². The number of hydroxylamine groups is 2. The monoisotopic (exact) mass is 375 g/mol. The summed E-state index contributed by atoms with van der Waals surface area (Å²) in [6.45, 7) is 3.80. The average Bonchev–Trinajstić information content (AvgIpc) is 3.26. The molecule has 0 bridgehead atoms. The third-order valence-corrected chi connectivity index (χ3v) is 4.46. The van der Waals surface area contributed by atoms with Gasteiger partial charge in [0.05, 0.1) is 22.5 Å². The van der Waals surface area contributed by atoms with Crippen LogP contribution in [-0.2, 0) is 4.84 Å². The van der Waals surface area contributed by atoms with Gasteiger partial charge in [-0.3, -0.25) is 9.59 Å². The van der Waals surface area contributed by atoms with Crippen LogP contribution in [0.2, 0.25) is 0 Å². The molecular formula is C21H17N3O4. The highest BCUT2D eigenvalue weighted by molar-refractivity contribution is 6.21. The summed E-state index contributed by atoms with van der Waals surface area (Å²) in [5.74, 6) is -2.18. The van der Waals surface area contributed by atoms with Crippen molar-refractivity contribution < 1.29 is 19.2 Å². The van der Waals surface area contributed by atoms with E-state index in [1.807, 2.05) is 44.2 Å². The summed E-state index contributed by atoms with van der Waals surface area (Å²) in [7, 11) is 0. The van der Waals surface area contributed by atoms with Crippen LogP contribution in [0.15, 0.2) is 60.8 Å². The minimum Gasteiger partial charge on any atom is -0.324 e. The van der Waals surface area contributed by atoms with E-state index < -0.39 is 17.8 Å². The highest BCUT2D eigenvalue weighted by Crippen LogP contribution is 2.25. The summed E-state index contributed by atoms with van der Waals surface area (Å²) in [5.41, 5.74) is 1.93. The molecule has 0 saturated heterocycles. The van der Waals surface area contributed by atoms with Gasteiger partial charge in [0.25, 0.3) is 11.8 Å². The van der Waals surface area contributed by atoms with E-state index in [1.54, 1.807) is 23.0 Å². The number of benzene rings is 2. The van der Waals surface area contributed by atoms with Crippen LogP contribution in [0.1, 0.15) is 56.5 Å². The Balaban J connectivity index is 1.65. The Morgan fingerprint density at radius 3 is 2.07 bits per heavy atom. The number of rotatable bonds is 4. The molecule has 2 heterocycles. The standard InChI is InChI=1S/C21H17N3O4/c1-13(2)18-17(12-23(22-18)14-8-4-3-5-9-14)21(27)28-24-19(25)15-10-6-7-11-16(15)20(24)26/h3-13H,1-2H3. The van der Waals surface area contributed by atoms with Gasteiger partial charge in [-0.05, 0) is 30.2 Å². The van der Waals surface area contributed by atoms with Crippen LogP contribution in [-0.4, -0.2) is 32.6 Å².